The molecule has 0 unspecified atom stereocenters. The van der Waals surface area contributed by atoms with Crippen LogP contribution in [0.15, 0.2) is 37.9 Å². The molecule has 0 radical (unpaired) electrons. The highest BCUT2D eigenvalue weighted by Gasteiger charge is 2.09. The van der Waals surface area contributed by atoms with Crippen LogP contribution >= 0.6 is 31.9 Å². The van der Waals surface area contributed by atoms with E-state index in [1.165, 1.54) is 0 Å². The predicted octanol–water partition coefficient (Wildman–Crippen LogP) is 3.24. The second-order valence-corrected chi connectivity index (χ2v) is 5.07. The molecule has 0 saturated heterocycles. The van der Waals surface area contributed by atoms with Crippen molar-refractivity contribution in [3.8, 4) is 5.75 Å². The summed E-state index contributed by atoms with van der Waals surface area (Å²) in [6, 6.07) is 5.62. The number of halogens is 2. The van der Waals surface area contributed by atoms with Crippen LogP contribution in [0.5, 0.6) is 5.75 Å². The van der Waals surface area contributed by atoms with Gasteiger partial charge in [-0.1, -0.05) is 5.16 Å². The lowest BCUT2D eigenvalue weighted by atomic mass is 10.2. The topological polar surface area (TPSA) is 61.3 Å². The first-order valence-electron chi connectivity index (χ1n) is 4.91. The molecule has 0 saturated carbocycles. The molecule has 2 N–H and O–H groups in total. The maximum absolute atomic E-state index is 5.64. The predicted molar refractivity (Wildman–Crippen MR) is 70.6 cm³/mol. The first-order chi connectivity index (χ1) is 8.20. The van der Waals surface area contributed by atoms with Crippen LogP contribution in [0.2, 0.25) is 0 Å². The average Bonchev–Trinajstić information content (AvgIpc) is 2.80. The van der Waals surface area contributed by atoms with Crippen molar-refractivity contribution in [3.63, 3.8) is 0 Å². The van der Waals surface area contributed by atoms with Gasteiger partial charge in [-0.25, -0.2) is 0 Å². The third-order valence-corrected chi connectivity index (χ3v) is 3.32. The van der Waals surface area contributed by atoms with E-state index in [1.807, 2.05) is 12.1 Å². The summed E-state index contributed by atoms with van der Waals surface area (Å²) in [6.07, 6.45) is 1.58. The Hall–Kier alpha value is -0.850. The first-order valence-corrected chi connectivity index (χ1v) is 6.49. The summed E-state index contributed by atoms with van der Waals surface area (Å²) in [5.41, 5.74) is 6.61. The molecule has 0 aliphatic carbocycles. The Morgan fingerprint density at radius 1 is 1.29 bits per heavy atom. The maximum Gasteiger partial charge on any atom is 0.174 e. The summed E-state index contributed by atoms with van der Waals surface area (Å²) in [5.74, 6) is 1.39. The summed E-state index contributed by atoms with van der Waals surface area (Å²) in [4.78, 5) is 0. The fourth-order valence-electron chi connectivity index (χ4n) is 1.33. The maximum atomic E-state index is 5.64. The number of ether oxygens (including phenoxy) is 1. The van der Waals surface area contributed by atoms with Crippen LogP contribution in [-0.2, 0) is 13.2 Å². The smallest absolute Gasteiger partial charge is 0.174 e. The van der Waals surface area contributed by atoms with Crippen molar-refractivity contribution < 1.29 is 9.26 Å². The minimum atomic E-state index is 0.333. The lowest BCUT2D eigenvalue weighted by Gasteiger charge is -2.10. The molecule has 17 heavy (non-hydrogen) atoms. The van der Waals surface area contributed by atoms with Gasteiger partial charge >= 0.3 is 0 Å². The summed E-state index contributed by atoms with van der Waals surface area (Å²) in [7, 11) is 0. The molecule has 0 aliphatic heterocycles. The van der Waals surface area contributed by atoms with Crippen molar-refractivity contribution in [2.45, 2.75) is 13.2 Å². The quantitative estimate of drug-likeness (QED) is 0.908. The second-order valence-electron chi connectivity index (χ2n) is 3.36. The van der Waals surface area contributed by atoms with Crippen LogP contribution in [0.3, 0.4) is 0 Å². The van der Waals surface area contributed by atoms with Crippen molar-refractivity contribution in [3.05, 3.63) is 44.7 Å². The molecular formula is C11H10Br2N2O2. The number of benzene rings is 1. The molecule has 6 heteroatoms. The van der Waals surface area contributed by atoms with Crippen LogP contribution < -0.4 is 10.5 Å². The summed E-state index contributed by atoms with van der Waals surface area (Å²) >= 11 is 6.89. The number of rotatable bonds is 4. The fourth-order valence-corrected chi connectivity index (χ4v) is 2.84. The molecule has 4 nitrogen and oxygen atoms in total. The van der Waals surface area contributed by atoms with Crippen molar-refractivity contribution in [2.75, 3.05) is 0 Å². The molecule has 2 aromatic rings. The molecule has 90 valence electrons. The van der Waals surface area contributed by atoms with Crippen LogP contribution in [-0.4, -0.2) is 5.16 Å². The zero-order chi connectivity index (χ0) is 12.3. The standard InChI is InChI=1S/C11H10Br2N2O2/c12-9-3-7(5-14)4-10(13)11(9)16-6-8-1-2-15-17-8/h1-4H,5-6,14H2. The average molecular weight is 362 g/mol. The van der Waals surface area contributed by atoms with Gasteiger partial charge < -0.3 is 15.0 Å². The molecule has 0 bridgehead atoms. The lowest BCUT2D eigenvalue weighted by Crippen LogP contribution is -1.99. The van der Waals surface area contributed by atoms with Gasteiger partial charge in [0.15, 0.2) is 5.76 Å². The Kier molecular flexibility index (Phi) is 4.20. The monoisotopic (exact) mass is 360 g/mol. The Labute approximate surface area is 115 Å². The number of aromatic nitrogens is 1. The van der Waals surface area contributed by atoms with Gasteiger partial charge in [0.2, 0.25) is 0 Å². The van der Waals surface area contributed by atoms with E-state index in [-0.39, 0.29) is 0 Å². The second kappa shape index (κ2) is 5.66. The molecule has 0 fully saturated rings. The fraction of sp³-hybridized carbons (Fsp3) is 0.182. The van der Waals surface area contributed by atoms with E-state index >= 15 is 0 Å². The van der Waals surface area contributed by atoms with Crippen molar-refractivity contribution in [1.82, 2.24) is 5.16 Å². The van der Waals surface area contributed by atoms with Crippen LogP contribution in [0, 0.1) is 0 Å². The van der Waals surface area contributed by atoms with E-state index in [0.717, 1.165) is 20.3 Å². The molecule has 1 aromatic carbocycles. The molecule has 2 rings (SSSR count). The van der Waals surface area contributed by atoms with E-state index in [9.17, 15) is 0 Å². The van der Waals surface area contributed by atoms with Crippen molar-refractivity contribution >= 4 is 31.9 Å². The third-order valence-electron chi connectivity index (χ3n) is 2.14. The Morgan fingerprint density at radius 3 is 2.53 bits per heavy atom. The van der Waals surface area contributed by atoms with E-state index < -0.39 is 0 Å². The SMILES string of the molecule is NCc1cc(Br)c(OCc2ccno2)c(Br)c1. The largest absolute Gasteiger partial charge is 0.483 e. The number of nitrogens with two attached hydrogens (primary N) is 1. The number of hydrogen-bond donors (Lipinski definition) is 1. The molecule has 0 atom stereocenters. The van der Waals surface area contributed by atoms with Gasteiger partial charge in [0, 0.05) is 12.6 Å². The highest BCUT2D eigenvalue weighted by molar-refractivity contribution is 9.11. The normalized spacial score (nSPS) is 10.5. The summed E-state index contributed by atoms with van der Waals surface area (Å²) < 4.78 is 12.3. The molecule has 1 aromatic heterocycles. The van der Waals surface area contributed by atoms with Gasteiger partial charge in [-0.2, -0.15) is 0 Å². The van der Waals surface area contributed by atoms with Crippen molar-refractivity contribution in [2.24, 2.45) is 5.73 Å². The van der Waals surface area contributed by atoms with E-state index in [0.29, 0.717) is 18.9 Å². The van der Waals surface area contributed by atoms with Crippen LogP contribution in [0.25, 0.3) is 0 Å². The molecular weight excluding hydrogens is 352 g/mol. The van der Waals surface area contributed by atoms with Gasteiger partial charge in [0.1, 0.15) is 12.4 Å². The van der Waals surface area contributed by atoms with Crippen LogP contribution in [0.4, 0.5) is 0 Å². The van der Waals surface area contributed by atoms with Gasteiger partial charge in [-0.3, -0.25) is 0 Å². The number of nitrogens with zero attached hydrogens (tertiary/aromatic N) is 1. The highest BCUT2D eigenvalue weighted by atomic mass is 79.9. The molecule has 1 heterocycles. The molecule has 0 amide bonds. The first kappa shape index (κ1) is 12.6. The Morgan fingerprint density at radius 2 is 2.00 bits per heavy atom. The van der Waals surface area contributed by atoms with E-state index in [1.54, 1.807) is 12.3 Å². The zero-order valence-corrected chi connectivity index (χ0v) is 12.0. The zero-order valence-electron chi connectivity index (χ0n) is 8.82. The highest BCUT2D eigenvalue weighted by Crippen LogP contribution is 2.35. The van der Waals surface area contributed by atoms with E-state index in [4.69, 9.17) is 15.0 Å². The molecule has 0 aliphatic rings. The van der Waals surface area contributed by atoms with Gasteiger partial charge in [-0.15, -0.1) is 0 Å². The summed E-state index contributed by atoms with van der Waals surface area (Å²) in [5, 5.41) is 3.61. The lowest BCUT2D eigenvalue weighted by molar-refractivity contribution is 0.247. The summed E-state index contributed by atoms with van der Waals surface area (Å²) in [6.45, 7) is 0.818. The molecule has 0 spiro atoms. The van der Waals surface area contributed by atoms with Crippen LogP contribution in [0.1, 0.15) is 11.3 Å². The number of hydrogen-bond acceptors (Lipinski definition) is 4. The van der Waals surface area contributed by atoms with Gasteiger partial charge in [0.25, 0.3) is 0 Å². The Bertz CT molecular complexity index is 477. The Balaban J connectivity index is 2.15. The minimum Gasteiger partial charge on any atom is -0.483 e. The third kappa shape index (κ3) is 3.08. The minimum absolute atomic E-state index is 0.333. The van der Waals surface area contributed by atoms with Gasteiger partial charge in [-0.05, 0) is 49.6 Å². The van der Waals surface area contributed by atoms with E-state index in [2.05, 4.69) is 37.0 Å². The van der Waals surface area contributed by atoms with Gasteiger partial charge in [0.05, 0.1) is 15.1 Å². The van der Waals surface area contributed by atoms with Crippen molar-refractivity contribution in [1.29, 1.82) is 0 Å².